The van der Waals surface area contributed by atoms with E-state index in [9.17, 15) is 4.79 Å². The van der Waals surface area contributed by atoms with Crippen LogP contribution in [0.4, 0.5) is 0 Å². The van der Waals surface area contributed by atoms with Gasteiger partial charge in [0.15, 0.2) is 5.11 Å². The summed E-state index contributed by atoms with van der Waals surface area (Å²) in [6.45, 7) is 9.08. The number of nitrogens with zero attached hydrogens (tertiary/aromatic N) is 1. The van der Waals surface area contributed by atoms with Gasteiger partial charge in [-0.3, -0.25) is 10.1 Å². The average molecular weight is 297 g/mol. The Hall–Kier alpha value is -1.39. The molecule has 0 radical (unpaired) electrons. The maximum atomic E-state index is 12.0. The predicted molar refractivity (Wildman–Crippen MR) is 83.6 cm³/mol. The Labute approximate surface area is 124 Å². The van der Waals surface area contributed by atoms with E-state index in [0.29, 0.717) is 28.8 Å². The summed E-state index contributed by atoms with van der Waals surface area (Å²) < 4.78 is 0. The van der Waals surface area contributed by atoms with Crippen molar-refractivity contribution in [3.8, 4) is 0 Å². The molecule has 0 aliphatic rings. The van der Waals surface area contributed by atoms with Crippen LogP contribution in [0, 0.1) is 0 Å². The van der Waals surface area contributed by atoms with E-state index in [-0.39, 0.29) is 5.91 Å². The first-order chi connectivity index (χ1) is 8.93. The van der Waals surface area contributed by atoms with E-state index in [4.69, 9.17) is 23.8 Å². The van der Waals surface area contributed by atoms with Crippen molar-refractivity contribution >= 4 is 34.8 Å². The minimum atomic E-state index is -0.257. The highest BCUT2D eigenvalue weighted by Crippen LogP contribution is 2.10. The van der Waals surface area contributed by atoms with Gasteiger partial charge in [-0.2, -0.15) is 0 Å². The largest absolute Gasteiger partial charge is 0.345 e. The molecule has 0 bridgehead atoms. The van der Waals surface area contributed by atoms with Gasteiger partial charge in [-0.1, -0.05) is 29.8 Å². The Morgan fingerprint density at radius 2 is 2.21 bits per heavy atom. The van der Waals surface area contributed by atoms with Crippen LogP contribution >= 0.6 is 23.8 Å². The predicted octanol–water partition coefficient (Wildman–Crippen LogP) is 3.25. The van der Waals surface area contributed by atoms with Crippen molar-refractivity contribution in [2.24, 2.45) is 0 Å². The van der Waals surface area contributed by atoms with Gasteiger partial charge >= 0.3 is 0 Å². The molecule has 0 aliphatic heterocycles. The number of thiocarbonyl (C=S) groups is 1. The first-order valence-electron chi connectivity index (χ1n) is 5.94. The van der Waals surface area contributed by atoms with Crippen LogP contribution in [-0.2, 0) is 0 Å². The number of amides is 1. The Morgan fingerprint density at radius 3 is 2.74 bits per heavy atom. The molecule has 1 amide bonds. The number of hydrogen-bond donors (Lipinski definition) is 1. The number of nitrogens with one attached hydrogen (secondary N) is 1. The zero-order chi connectivity index (χ0) is 14.4. The van der Waals surface area contributed by atoms with Crippen molar-refractivity contribution in [1.82, 2.24) is 10.2 Å². The van der Waals surface area contributed by atoms with Gasteiger partial charge < -0.3 is 4.90 Å². The second kappa shape index (κ2) is 7.26. The average Bonchev–Trinajstić information content (AvgIpc) is 2.35. The normalized spacial score (nSPS) is 9.84. The molecule has 1 rings (SSSR count). The molecule has 0 saturated carbocycles. The Kier molecular flexibility index (Phi) is 5.99. The molecule has 1 N–H and O–H groups in total. The molecule has 102 valence electrons. The summed E-state index contributed by atoms with van der Waals surface area (Å²) in [5.41, 5.74) is 1.47. The van der Waals surface area contributed by atoms with Gasteiger partial charge in [-0.25, -0.2) is 0 Å². The van der Waals surface area contributed by atoms with E-state index in [1.165, 1.54) is 0 Å². The van der Waals surface area contributed by atoms with Crippen molar-refractivity contribution in [3.05, 3.63) is 47.0 Å². The Bertz CT molecular complexity index is 502. The van der Waals surface area contributed by atoms with Gasteiger partial charge in [0, 0.05) is 23.7 Å². The lowest BCUT2D eigenvalue weighted by molar-refractivity contribution is 0.0973. The monoisotopic (exact) mass is 296 g/mol. The summed E-state index contributed by atoms with van der Waals surface area (Å²) in [7, 11) is 0. The van der Waals surface area contributed by atoms with Gasteiger partial charge in [0.1, 0.15) is 0 Å². The third kappa shape index (κ3) is 5.01. The first-order valence-corrected chi connectivity index (χ1v) is 6.73. The van der Waals surface area contributed by atoms with Crippen molar-refractivity contribution in [1.29, 1.82) is 0 Å². The van der Waals surface area contributed by atoms with Crippen LogP contribution in [0.25, 0.3) is 0 Å². The van der Waals surface area contributed by atoms with E-state index in [2.05, 4.69) is 11.9 Å². The van der Waals surface area contributed by atoms with E-state index in [1.807, 2.05) is 18.7 Å². The molecule has 0 atom stereocenters. The highest BCUT2D eigenvalue weighted by atomic mass is 35.5. The third-order valence-electron chi connectivity index (χ3n) is 2.44. The van der Waals surface area contributed by atoms with Crippen LogP contribution in [0.1, 0.15) is 24.2 Å². The van der Waals surface area contributed by atoms with Crippen LogP contribution in [-0.4, -0.2) is 29.0 Å². The fourth-order valence-electron chi connectivity index (χ4n) is 1.53. The lowest BCUT2D eigenvalue weighted by Gasteiger charge is -2.23. The SMILES string of the molecule is C=C(C)CN(CC)C(=S)NC(=O)c1cccc(Cl)c1. The summed E-state index contributed by atoms with van der Waals surface area (Å²) in [6, 6.07) is 6.75. The van der Waals surface area contributed by atoms with Crippen LogP contribution in [0.15, 0.2) is 36.4 Å². The molecule has 1 aromatic carbocycles. The van der Waals surface area contributed by atoms with Crippen molar-refractivity contribution < 1.29 is 4.79 Å². The fourth-order valence-corrected chi connectivity index (χ4v) is 2.01. The molecule has 0 fully saturated rings. The molecule has 0 aliphatic carbocycles. The highest BCUT2D eigenvalue weighted by Gasteiger charge is 2.12. The molecule has 19 heavy (non-hydrogen) atoms. The fraction of sp³-hybridized carbons (Fsp3) is 0.286. The number of carbonyl (C=O) groups is 1. The molecule has 0 aromatic heterocycles. The van der Waals surface area contributed by atoms with Crippen molar-refractivity contribution in [2.45, 2.75) is 13.8 Å². The summed E-state index contributed by atoms with van der Waals surface area (Å²) in [6.07, 6.45) is 0. The molecule has 5 heteroatoms. The first kappa shape index (κ1) is 15.7. The maximum absolute atomic E-state index is 12.0. The van der Waals surface area contributed by atoms with Gasteiger partial charge in [0.25, 0.3) is 5.91 Å². The molecule has 0 unspecified atom stereocenters. The zero-order valence-corrected chi connectivity index (χ0v) is 12.6. The lowest BCUT2D eigenvalue weighted by Crippen LogP contribution is -2.43. The second-order valence-corrected chi connectivity index (χ2v) is 5.06. The molecular weight excluding hydrogens is 280 g/mol. The van der Waals surface area contributed by atoms with E-state index >= 15 is 0 Å². The number of halogens is 1. The molecule has 0 saturated heterocycles. The number of likely N-dealkylation sites (N-methyl/N-ethyl adjacent to an activating group) is 1. The Balaban J connectivity index is 2.70. The zero-order valence-electron chi connectivity index (χ0n) is 11.1. The molecular formula is C14H17ClN2OS. The van der Waals surface area contributed by atoms with Gasteiger partial charge in [-0.15, -0.1) is 0 Å². The van der Waals surface area contributed by atoms with E-state index in [0.717, 1.165) is 5.57 Å². The smallest absolute Gasteiger partial charge is 0.257 e. The van der Waals surface area contributed by atoms with E-state index in [1.54, 1.807) is 24.3 Å². The number of hydrogen-bond acceptors (Lipinski definition) is 2. The van der Waals surface area contributed by atoms with Crippen molar-refractivity contribution in [2.75, 3.05) is 13.1 Å². The van der Waals surface area contributed by atoms with Crippen LogP contribution in [0.2, 0.25) is 5.02 Å². The number of rotatable bonds is 4. The third-order valence-corrected chi connectivity index (χ3v) is 3.03. The van der Waals surface area contributed by atoms with Gasteiger partial charge in [-0.05, 0) is 44.3 Å². The second-order valence-electron chi connectivity index (χ2n) is 4.24. The minimum Gasteiger partial charge on any atom is -0.345 e. The van der Waals surface area contributed by atoms with Gasteiger partial charge in [0.05, 0.1) is 0 Å². The summed E-state index contributed by atoms with van der Waals surface area (Å²) in [5, 5.41) is 3.62. The summed E-state index contributed by atoms with van der Waals surface area (Å²) >= 11 is 11.1. The molecule has 3 nitrogen and oxygen atoms in total. The summed E-state index contributed by atoms with van der Waals surface area (Å²) in [4.78, 5) is 13.9. The number of carbonyl (C=O) groups excluding carboxylic acids is 1. The van der Waals surface area contributed by atoms with Gasteiger partial charge in [0.2, 0.25) is 0 Å². The number of benzene rings is 1. The standard InChI is InChI=1S/C14H17ClN2OS/c1-4-17(9-10(2)3)14(19)16-13(18)11-6-5-7-12(15)8-11/h5-8H,2,4,9H2,1,3H3,(H,16,18,19). The van der Waals surface area contributed by atoms with Crippen molar-refractivity contribution in [3.63, 3.8) is 0 Å². The summed E-state index contributed by atoms with van der Waals surface area (Å²) in [5.74, 6) is -0.257. The molecule has 0 spiro atoms. The molecule has 1 aromatic rings. The highest BCUT2D eigenvalue weighted by molar-refractivity contribution is 7.80. The minimum absolute atomic E-state index is 0.257. The van der Waals surface area contributed by atoms with Crippen LogP contribution in [0.5, 0.6) is 0 Å². The quantitative estimate of drug-likeness (QED) is 0.684. The lowest BCUT2D eigenvalue weighted by atomic mass is 10.2. The Morgan fingerprint density at radius 1 is 1.53 bits per heavy atom. The maximum Gasteiger partial charge on any atom is 0.257 e. The van der Waals surface area contributed by atoms with Crippen LogP contribution in [0.3, 0.4) is 0 Å². The van der Waals surface area contributed by atoms with Crippen LogP contribution < -0.4 is 5.32 Å². The topological polar surface area (TPSA) is 32.3 Å². The molecule has 0 heterocycles. The van der Waals surface area contributed by atoms with E-state index < -0.39 is 0 Å².